The molecule has 0 aromatic carbocycles. The van der Waals surface area contributed by atoms with Crippen molar-refractivity contribution in [3.05, 3.63) is 0 Å². The molecule has 0 rings (SSSR count). The van der Waals surface area contributed by atoms with Crippen molar-refractivity contribution in [2.75, 3.05) is 7.11 Å². The van der Waals surface area contributed by atoms with Gasteiger partial charge in [-0.25, -0.2) is 0 Å². The van der Waals surface area contributed by atoms with Gasteiger partial charge in [0.2, 0.25) is 0 Å². The van der Waals surface area contributed by atoms with Crippen LogP contribution in [0.5, 0.6) is 0 Å². The van der Waals surface area contributed by atoms with E-state index in [-0.39, 0.29) is 5.97 Å². The van der Waals surface area contributed by atoms with Gasteiger partial charge in [0.1, 0.15) is 5.54 Å². The molecule has 0 aromatic heterocycles. The third kappa shape index (κ3) is 3.77. The van der Waals surface area contributed by atoms with Crippen LogP contribution in [0.4, 0.5) is 0 Å². The van der Waals surface area contributed by atoms with E-state index in [0.29, 0.717) is 6.42 Å². The highest BCUT2D eigenvalue weighted by Crippen LogP contribution is 2.19. The van der Waals surface area contributed by atoms with Crippen LogP contribution in [-0.2, 0) is 9.53 Å². The van der Waals surface area contributed by atoms with E-state index in [1.165, 1.54) is 7.11 Å². The second kappa shape index (κ2) is 5.97. The number of carbonyl (C=O) groups is 1. The number of esters is 1. The Morgan fingerprint density at radius 3 is 2.31 bits per heavy atom. The van der Waals surface area contributed by atoms with Crippen molar-refractivity contribution >= 4 is 5.97 Å². The maximum absolute atomic E-state index is 11.4. The van der Waals surface area contributed by atoms with E-state index in [0.717, 1.165) is 25.7 Å². The normalized spacial score (nSPS) is 15.1. The van der Waals surface area contributed by atoms with Gasteiger partial charge >= 0.3 is 5.97 Å². The monoisotopic (exact) mass is 187 g/mol. The summed E-state index contributed by atoms with van der Waals surface area (Å²) in [6, 6.07) is 0. The molecule has 0 aromatic rings. The van der Waals surface area contributed by atoms with Gasteiger partial charge in [0.25, 0.3) is 0 Å². The van der Waals surface area contributed by atoms with Gasteiger partial charge in [-0.1, -0.05) is 33.1 Å². The third-order valence-corrected chi connectivity index (χ3v) is 2.26. The van der Waals surface area contributed by atoms with E-state index in [2.05, 4.69) is 6.92 Å². The Morgan fingerprint density at radius 2 is 1.92 bits per heavy atom. The fraction of sp³-hybridized carbons (Fsp3) is 0.900. The van der Waals surface area contributed by atoms with Crippen LogP contribution in [0.15, 0.2) is 0 Å². The molecule has 0 radical (unpaired) electrons. The largest absolute Gasteiger partial charge is 0.468 e. The van der Waals surface area contributed by atoms with E-state index in [1.54, 1.807) is 0 Å². The molecule has 0 fully saturated rings. The molecular formula is C10H21NO2. The molecule has 2 N–H and O–H groups in total. The number of ether oxygens (including phenoxy) is 1. The lowest BCUT2D eigenvalue weighted by atomic mass is 9.89. The van der Waals surface area contributed by atoms with E-state index in [1.807, 2.05) is 6.92 Å². The molecule has 0 aliphatic heterocycles. The number of nitrogens with two attached hydrogens (primary N) is 1. The summed E-state index contributed by atoms with van der Waals surface area (Å²) in [4.78, 5) is 11.4. The highest BCUT2D eigenvalue weighted by Gasteiger charge is 2.33. The standard InChI is InChI=1S/C10H21NO2/c1-4-6-8-10(11,7-5-2)9(12)13-3/h4-8,11H2,1-3H3. The fourth-order valence-electron chi connectivity index (χ4n) is 1.47. The summed E-state index contributed by atoms with van der Waals surface area (Å²) >= 11 is 0. The molecule has 0 spiro atoms. The average molecular weight is 187 g/mol. The van der Waals surface area contributed by atoms with Gasteiger partial charge in [0, 0.05) is 0 Å². The smallest absolute Gasteiger partial charge is 0.325 e. The molecule has 0 saturated heterocycles. The van der Waals surface area contributed by atoms with Crippen LogP contribution in [0.3, 0.4) is 0 Å². The number of rotatable bonds is 6. The highest BCUT2D eigenvalue weighted by atomic mass is 16.5. The highest BCUT2D eigenvalue weighted by molar-refractivity contribution is 5.80. The van der Waals surface area contributed by atoms with E-state index in [4.69, 9.17) is 10.5 Å². The van der Waals surface area contributed by atoms with Gasteiger partial charge in [-0.2, -0.15) is 0 Å². The molecule has 3 heteroatoms. The molecule has 13 heavy (non-hydrogen) atoms. The second-order valence-corrected chi connectivity index (χ2v) is 3.50. The van der Waals surface area contributed by atoms with Crippen LogP contribution in [-0.4, -0.2) is 18.6 Å². The Morgan fingerprint density at radius 1 is 1.31 bits per heavy atom. The zero-order valence-electron chi connectivity index (χ0n) is 8.93. The fourth-order valence-corrected chi connectivity index (χ4v) is 1.47. The quantitative estimate of drug-likeness (QED) is 0.646. The van der Waals surface area contributed by atoms with Crippen molar-refractivity contribution in [3.8, 4) is 0 Å². The van der Waals surface area contributed by atoms with Gasteiger partial charge < -0.3 is 10.5 Å². The van der Waals surface area contributed by atoms with Crippen LogP contribution in [0, 0.1) is 0 Å². The molecule has 0 bridgehead atoms. The zero-order chi connectivity index (χ0) is 10.3. The molecule has 0 amide bonds. The first-order valence-corrected chi connectivity index (χ1v) is 4.98. The summed E-state index contributed by atoms with van der Waals surface area (Å²) < 4.78 is 4.70. The van der Waals surface area contributed by atoms with E-state index < -0.39 is 5.54 Å². The van der Waals surface area contributed by atoms with E-state index in [9.17, 15) is 4.79 Å². The molecular weight excluding hydrogens is 166 g/mol. The molecule has 0 saturated carbocycles. The Balaban J connectivity index is 4.23. The van der Waals surface area contributed by atoms with Gasteiger partial charge in [-0.15, -0.1) is 0 Å². The molecule has 1 atom stereocenters. The molecule has 0 heterocycles. The maximum Gasteiger partial charge on any atom is 0.325 e. The lowest BCUT2D eigenvalue weighted by molar-refractivity contribution is -0.147. The average Bonchev–Trinajstić information content (AvgIpc) is 2.14. The number of unbranched alkanes of at least 4 members (excludes halogenated alkanes) is 1. The number of carbonyl (C=O) groups excluding carboxylic acids is 1. The second-order valence-electron chi connectivity index (χ2n) is 3.50. The number of hydrogen-bond acceptors (Lipinski definition) is 3. The van der Waals surface area contributed by atoms with Gasteiger partial charge in [0.05, 0.1) is 7.11 Å². The zero-order valence-corrected chi connectivity index (χ0v) is 8.93. The summed E-state index contributed by atoms with van der Waals surface area (Å²) in [6.07, 6.45) is 4.38. The Hall–Kier alpha value is -0.570. The van der Waals surface area contributed by atoms with Crippen LogP contribution in [0.1, 0.15) is 46.0 Å². The summed E-state index contributed by atoms with van der Waals surface area (Å²) in [7, 11) is 1.39. The summed E-state index contributed by atoms with van der Waals surface area (Å²) in [5.41, 5.74) is 5.22. The first-order chi connectivity index (χ1) is 6.10. The predicted molar refractivity (Wildman–Crippen MR) is 53.4 cm³/mol. The summed E-state index contributed by atoms with van der Waals surface area (Å²) in [6.45, 7) is 4.11. The topological polar surface area (TPSA) is 52.3 Å². The van der Waals surface area contributed by atoms with Crippen molar-refractivity contribution in [3.63, 3.8) is 0 Å². The number of methoxy groups -OCH3 is 1. The maximum atomic E-state index is 11.4. The lowest BCUT2D eigenvalue weighted by Gasteiger charge is -2.25. The predicted octanol–water partition coefficient (Wildman–Crippen LogP) is 1.85. The third-order valence-electron chi connectivity index (χ3n) is 2.26. The molecule has 3 nitrogen and oxygen atoms in total. The van der Waals surface area contributed by atoms with Crippen molar-refractivity contribution in [1.29, 1.82) is 0 Å². The lowest BCUT2D eigenvalue weighted by Crippen LogP contribution is -2.48. The van der Waals surface area contributed by atoms with E-state index >= 15 is 0 Å². The van der Waals surface area contributed by atoms with Crippen LogP contribution < -0.4 is 5.73 Å². The summed E-state index contributed by atoms with van der Waals surface area (Å²) in [5.74, 6) is -0.275. The summed E-state index contributed by atoms with van der Waals surface area (Å²) in [5, 5.41) is 0. The minimum absolute atomic E-state index is 0.275. The minimum Gasteiger partial charge on any atom is -0.468 e. The molecule has 1 unspecified atom stereocenters. The SMILES string of the molecule is CCCCC(N)(CCC)C(=O)OC. The van der Waals surface area contributed by atoms with Gasteiger partial charge in [0.15, 0.2) is 0 Å². The van der Waals surface area contributed by atoms with Gasteiger partial charge in [-0.05, 0) is 12.8 Å². The minimum atomic E-state index is -0.750. The number of hydrogen-bond donors (Lipinski definition) is 1. The first kappa shape index (κ1) is 12.4. The Labute approximate surface area is 80.6 Å². The van der Waals surface area contributed by atoms with Crippen LogP contribution >= 0.6 is 0 Å². The van der Waals surface area contributed by atoms with Crippen molar-refractivity contribution in [2.24, 2.45) is 5.73 Å². The van der Waals surface area contributed by atoms with Crippen molar-refractivity contribution < 1.29 is 9.53 Å². The Bertz CT molecular complexity index is 159. The van der Waals surface area contributed by atoms with Crippen LogP contribution in [0.2, 0.25) is 0 Å². The molecule has 78 valence electrons. The molecule has 0 aliphatic rings. The van der Waals surface area contributed by atoms with Crippen molar-refractivity contribution in [1.82, 2.24) is 0 Å². The van der Waals surface area contributed by atoms with Crippen molar-refractivity contribution in [2.45, 2.75) is 51.5 Å². The van der Waals surface area contributed by atoms with Crippen LogP contribution in [0.25, 0.3) is 0 Å². The Kier molecular flexibility index (Phi) is 5.71. The van der Waals surface area contributed by atoms with Gasteiger partial charge in [-0.3, -0.25) is 4.79 Å². The first-order valence-electron chi connectivity index (χ1n) is 4.98. The molecule has 0 aliphatic carbocycles.